The van der Waals surface area contributed by atoms with Crippen LogP contribution in [0.4, 0.5) is 13.2 Å². The minimum atomic E-state index is -4.41. The Morgan fingerprint density at radius 3 is 2.50 bits per heavy atom. The van der Waals surface area contributed by atoms with Crippen LogP contribution in [0.5, 0.6) is 5.75 Å². The lowest BCUT2D eigenvalue weighted by atomic mass is 9.84. The Bertz CT molecular complexity index is 988. The zero-order chi connectivity index (χ0) is 19.1. The number of hydrogen-bond acceptors (Lipinski definition) is 6. The third kappa shape index (κ3) is 3.41. The van der Waals surface area contributed by atoms with E-state index in [2.05, 4.69) is 0 Å². The number of allylic oxidation sites excluding steroid dienone is 1. The Hall–Kier alpha value is -2.86. The number of thioether (sulfide) groups is 1. The number of aryl methyl sites for hydroxylation is 1. The van der Waals surface area contributed by atoms with Crippen molar-refractivity contribution >= 4 is 11.8 Å². The third-order valence-corrected chi connectivity index (χ3v) is 4.44. The van der Waals surface area contributed by atoms with Crippen LogP contribution in [-0.2, 0) is 0 Å². The molecule has 9 heteroatoms. The topological polar surface area (TPSA) is 89.2 Å². The van der Waals surface area contributed by atoms with Crippen molar-refractivity contribution in [2.24, 2.45) is 5.73 Å². The van der Waals surface area contributed by atoms with Gasteiger partial charge in [0, 0.05) is 11.0 Å². The van der Waals surface area contributed by atoms with Crippen molar-refractivity contribution in [1.29, 1.82) is 5.26 Å². The second kappa shape index (κ2) is 6.46. The molecule has 2 heterocycles. The number of ether oxygens (including phenoxy) is 1. The molecule has 1 aliphatic rings. The van der Waals surface area contributed by atoms with Gasteiger partial charge in [0.25, 0.3) is 0 Å². The zero-order valence-corrected chi connectivity index (χ0v) is 14.1. The van der Waals surface area contributed by atoms with E-state index >= 15 is 0 Å². The predicted molar refractivity (Wildman–Crippen MR) is 87.4 cm³/mol. The molecular weight excluding hydrogens is 369 g/mol. The lowest BCUT2D eigenvalue weighted by molar-refractivity contribution is -0.0328. The van der Waals surface area contributed by atoms with Gasteiger partial charge in [-0.15, -0.1) is 0 Å². The fourth-order valence-corrected chi connectivity index (χ4v) is 3.25. The molecule has 0 saturated heterocycles. The molecule has 0 fully saturated rings. The molecular formula is C17H11F3N2O3S. The summed E-state index contributed by atoms with van der Waals surface area (Å²) in [5, 5.41) is 9.42. The molecule has 0 amide bonds. The van der Waals surface area contributed by atoms with Gasteiger partial charge >= 0.3 is 11.1 Å². The summed E-state index contributed by atoms with van der Waals surface area (Å²) in [5.41, 5.74) is 1.19. The largest absolute Gasteiger partial charge is 0.446 e. The maximum atomic E-state index is 12.5. The van der Waals surface area contributed by atoms with E-state index in [4.69, 9.17) is 14.9 Å². The summed E-state index contributed by atoms with van der Waals surface area (Å²) in [6.07, 6.45) is 0. The molecule has 26 heavy (non-hydrogen) atoms. The van der Waals surface area contributed by atoms with Crippen molar-refractivity contribution in [3.63, 3.8) is 0 Å². The lowest BCUT2D eigenvalue weighted by Crippen LogP contribution is -2.26. The van der Waals surface area contributed by atoms with Gasteiger partial charge in [-0.1, -0.05) is 12.1 Å². The van der Waals surface area contributed by atoms with Gasteiger partial charge in [-0.3, -0.25) is 0 Å². The van der Waals surface area contributed by atoms with Crippen molar-refractivity contribution in [1.82, 2.24) is 0 Å². The Balaban J connectivity index is 2.11. The van der Waals surface area contributed by atoms with Crippen LogP contribution in [0.1, 0.15) is 22.8 Å². The van der Waals surface area contributed by atoms with Gasteiger partial charge in [-0.05, 0) is 36.4 Å². The number of halogens is 3. The number of rotatable bonds is 2. The summed E-state index contributed by atoms with van der Waals surface area (Å²) in [4.78, 5) is 12.3. The van der Waals surface area contributed by atoms with Crippen LogP contribution in [0.15, 0.2) is 55.9 Å². The van der Waals surface area contributed by atoms with Crippen molar-refractivity contribution in [2.45, 2.75) is 23.2 Å². The number of nitrogens with zero attached hydrogens (tertiary/aromatic N) is 1. The Kier molecular flexibility index (Phi) is 4.46. The molecule has 1 atom stereocenters. The number of hydrogen-bond donors (Lipinski definition) is 1. The molecule has 0 unspecified atom stereocenters. The molecule has 1 aromatic heterocycles. The standard InChI is InChI=1S/C17H11F3N2O3S/c1-8-6-12-14(16(23)24-8)13(11(7-21)15(22)25-12)9-2-4-10(5-3-9)26-17(18,19)20/h2-6,13H,22H2,1H3/t13-/m0/s1. The Morgan fingerprint density at radius 1 is 1.27 bits per heavy atom. The van der Waals surface area contributed by atoms with Crippen LogP contribution in [0.3, 0.4) is 0 Å². The molecule has 2 aromatic rings. The van der Waals surface area contributed by atoms with E-state index in [-0.39, 0.29) is 39.4 Å². The highest BCUT2D eigenvalue weighted by molar-refractivity contribution is 8.00. The third-order valence-electron chi connectivity index (χ3n) is 3.70. The molecule has 2 N–H and O–H groups in total. The maximum Gasteiger partial charge on any atom is 0.446 e. The first-order valence-electron chi connectivity index (χ1n) is 7.27. The van der Waals surface area contributed by atoms with Gasteiger partial charge in [-0.2, -0.15) is 18.4 Å². The minimum Gasteiger partial charge on any atom is -0.440 e. The van der Waals surface area contributed by atoms with Gasteiger partial charge in [0.1, 0.15) is 23.2 Å². The van der Waals surface area contributed by atoms with E-state index in [1.807, 2.05) is 6.07 Å². The fraction of sp³-hybridized carbons (Fsp3) is 0.176. The van der Waals surface area contributed by atoms with Gasteiger partial charge in [0.15, 0.2) is 0 Å². The summed E-state index contributed by atoms with van der Waals surface area (Å²) in [7, 11) is 0. The predicted octanol–water partition coefficient (Wildman–Crippen LogP) is 3.78. The van der Waals surface area contributed by atoms with Crippen LogP contribution in [0.2, 0.25) is 0 Å². The molecule has 0 bridgehead atoms. The fourth-order valence-electron chi connectivity index (χ4n) is 2.71. The first kappa shape index (κ1) is 17.9. The molecule has 0 saturated carbocycles. The van der Waals surface area contributed by atoms with Gasteiger partial charge in [-0.25, -0.2) is 4.79 Å². The number of benzene rings is 1. The summed E-state index contributed by atoms with van der Waals surface area (Å²) in [6, 6.07) is 8.74. The lowest BCUT2D eigenvalue weighted by Gasteiger charge is -2.25. The average molecular weight is 380 g/mol. The van der Waals surface area contributed by atoms with Gasteiger partial charge < -0.3 is 14.9 Å². The second-order valence-corrected chi connectivity index (χ2v) is 6.60. The SMILES string of the molecule is Cc1cc2c(c(=O)o1)[C@@H](c1ccc(SC(F)(F)F)cc1)C(C#N)=C(N)O2. The minimum absolute atomic E-state index is 0.00937. The summed E-state index contributed by atoms with van der Waals surface area (Å²) >= 11 is -0.253. The van der Waals surface area contributed by atoms with E-state index in [0.717, 1.165) is 0 Å². The molecule has 134 valence electrons. The first-order valence-corrected chi connectivity index (χ1v) is 8.09. The number of nitriles is 1. The quantitative estimate of drug-likeness (QED) is 0.798. The van der Waals surface area contributed by atoms with Crippen LogP contribution < -0.4 is 16.1 Å². The van der Waals surface area contributed by atoms with Crippen molar-refractivity contribution in [2.75, 3.05) is 0 Å². The number of alkyl halides is 3. The highest BCUT2D eigenvalue weighted by Gasteiger charge is 2.34. The molecule has 0 radical (unpaired) electrons. The van der Waals surface area contributed by atoms with Crippen molar-refractivity contribution in [3.8, 4) is 11.8 Å². The number of fused-ring (bicyclic) bond motifs is 1. The highest BCUT2D eigenvalue weighted by Crippen LogP contribution is 2.42. The summed E-state index contributed by atoms with van der Waals surface area (Å²) < 4.78 is 47.9. The molecule has 0 spiro atoms. The van der Waals surface area contributed by atoms with Crippen LogP contribution >= 0.6 is 11.8 Å². The first-order chi connectivity index (χ1) is 12.2. The molecule has 3 rings (SSSR count). The van der Waals surface area contributed by atoms with Crippen LogP contribution in [-0.4, -0.2) is 5.51 Å². The molecule has 0 aliphatic carbocycles. The number of nitrogens with two attached hydrogens (primary N) is 1. The van der Waals surface area contributed by atoms with Crippen molar-refractivity contribution in [3.05, 3.63) is 69.1 Å². The van der Waals surface area contributed by atoms with Crippen molar-refractivity contribution < 1.29 is 22.3 Å². The van der Waals surface area contributed by atoms with Gasteiger partial charge in [0.2, 0.25) is 5.88 Å². The van der Waals surface area contributed by atoms with E-state index in [0.29, 0.717) is 11.3 Å². The second-order valence-electron chi connectivity index (χ2n) is 5.46. The average Bonchev–Trinajstić information content (AvgIpc) is 2.52. The Morgan fingerprint density at radius 2 is 1.92 bits per heavy atom. The van der Waals surface area contributed by atoms with E-state index in [9.17, 15) is 23.2 Å². The van der Waals surface area contributed by atoms with E-state index < -0.39 is 17.1 Å². The zero-order valence-electron chi connectivity index (χ0n) is 13.3. The van der Waals surface area contributed by atoms with Crippen LogP contribution in [0, 0.1) is 18.3 Å². The normalized spacial score (nSPS) is 16.7. The highest BCUT2D eigenvalue weighted by atomic mass is 32.2. The smallest absolute Gasteiger partial charge is 0.440 e. The van der Waals surface area contributed by atoms with E-state index in [1.165, 1.54) is 30.3 Å². The molecule has 1 aliphatic heterocycles. The Labute approximate surface area is 149 Å². The molecule has 1 aromatic carbocycles. The van der Waals surface area contributed by atoms with Crippen LogP contribution in [0.25, 0.3) is 0 Å². The summed E-state index contributed by atoms with van der Waals surface area (Å²) in [6.45, 7) is 1.56. The monoisotopic (exact) mass is 380 g/mol. The maximum absolute atomic E-state index is 12.5. The molecule has 5 nitrogen and oxygen atoms in total. The van der Waals surface area contributed by atoms with Gasteiger partial charge in [0.05, 0.1) is 11.5 Å². The summed E-state index contributed by atoms with van der Waals surface area (Å²) in [5.74, 6) is -0.582. The van der Waals surface area contributed by atoms with E-state index in [1.54, 1.807) is 6.92 Å².